The first-order valence-electron chi connectivity index (χ1n) is 10.1. The lowest BCUT2D eigenvalue weighted by molar-refractivity contribution is -0.117. The van der Waals surface area contributed by atoms with E-state index in [2.05, 4.69) is 5.32 Å². The summed E-state index contributed by atoms with van der Waals surface area (Å²) in [5, 5.41) is 3.28. The second-order valence-electron chi connectivity index (χ2n) is 7.25. The minimum absolute atomic E-state index is 0.291. The molecule has 0 spiro atoms. The van der Waals surface area contributed by atoms with Gasteiger partial charge in [-0.3, -0.25) is 9.10 Å². The summed E-state index contributed by atoms with van der Waals surface area (Å²) < 4.78 is 31.9. The number of anilines is 2. The van der Waals surface area contributed by atoms with Gasteiger partial charge in [-0.1, -0.05) is 48.9 Å². The van der Waals surface area contributed by atoms with Gasteiger partial charge in [0.25, 0.3) is 0 Å². The minimum Gasteiger partial charge on any atom is -0.489 e. The number of nitrogens with one attached hydrogen (secondary N) is 1. The molecule has 3 aromatic carbocycles. The molecule has 168 valence electrons. The molecule has 1 unspecified atom stereocenters. The predicted octanol–water partition coefficient (Wildman–Crippen LogP) is 5.10. The van der Waals surface area contributed by atoms with Crippen LogP contribution in [0.4, 0.5) is 11.4 Å². The number of hydrogen-bond donors (Lipinski definition) is 1. The summed E-state index contributed by atoms with van der Waals surface area (Å²) in [6, 6.07) is 22.2. The van der Waals surface area contributed by atoms with Gasteiger partial charge in [0.1, 0.15) is 18.4 Å². The largest absolute Gasteiger partial charge is 0.489 e. The van der Waals surface area contributed by atoms with E-state index in [0.29, 0.717) is 35.2 Å². The smallest absolute Gasteiger partial charge is 0.248 e. The van der Waals surface area contributed by atoms with Crippen LogP contribution < -0.4 is 14.4 Å². The van der Waals surface area contributed by atoms with E-state index in [1.165, 1.54) is 0 Å². The number of nitrogens with zero attached hydrogens (tertiary/aromatic N) is 1. The molecule has 0 radical (unpaired) electrons. The predicted molar refractivity (Wildman–Crippen MR) is 129 cm³/mol. The summed E-state index contributed by atoms with van der Waals surface area (Å²) in [6.07, 6.45) is 1.37. The van der Waals surface area contributed by atoms with Crippen LogP contribution >= 0.6 is 11.6 Å². The van der Waals surface area contributed by atoms with Crippen molar-refractivity contribution < 1.29 is 17.9 Å². The van der Waals surface area contributed by atoms with Gasteiger partial charge in [-0.05, 0) is 60.5 Å². The second-order valence-corrected chi connectivity index (χ2v) is 9.54. The zero-order chi connectivity index (χ0) is 23.1. The number of amides is 1. The van der Waals surface area contributed by atoms with Crippen LogP contribution in [0.15, 0.2) is 78.9 Å². The van der Waals surface area contributed by atoms with Crippen LogP contribution in [0.25, 0.3) is 0 Å². The molecule has 1 atom stereocenters. The van der Waals surface area contributed by atoms with Crippen molar-refractivity contribution in [3.63, 3.8) is 0 Å². The second kappa shape index (κ2) is 10.5. The van der Waals surface area contributed by atoms with Crippen molar-refractivity contribution in [2.45, 2.75) is 26.0 Å². The molecule has 3 aromatic rings. The first kappa shape index (κ1) is 23.6. The van der Waals surface area contributed by atoms with Crippen LogP contribution in [-0.4, -0.2) is 26.6 Å². The van der Waals surface area contributed by atoms with Crippen LogP contribution in [0.5, 0.6) is 5.75 Å². The van der Waals surface area contributed by atoms with Crippen LogP contribution in [0.2, 0.25) is 5.02 Å². The van der Waals surface area contributed by atoms with Crippen molar-refractivity contribution in [3.05, 3.63) is 89.4 Å². The van der Waals surface area contributed by atoms with Crippen molar-refractivity contribution in [1.29, 1.82) is 0 Å². The van der Waals surface area contributed by atoms with Gasteiger partial charge in [-0.15, -0.1) is 0 Å². The Hall–Kier alpha value is -3.03. The van der Waals surface area contributed by atoms with Crippen molar-refractivity contribution >= 4 is 38.9 Å². The number of ether oxygens (including phenoxy) is 1. The van der Waals surface area contributed by atoms with Gasteiger partial charge >= 0.3 is 0 Å². The highest BCUT2D eigenvalue weighted by Crippen LogP contribution is 2.25. The molecule has 3 rings (SSSR count). The molecular weight excluding hydrogens is 448 g/mol. The number of sulfonamides is 1. The fraction of sp³-hybridized carbons (Fsp3) is 0.208. The molecule has 8 heteroatoms. The minimum atomic E-state index is -3.71. The third-order valence-electron chi connectivity index (χ3n) is 4.78. The maximum Gasteiger partial charge on any atom is 0.248 e. The summed E-state index contributed by atoms with van der Waals surface area (Å²) in [6.45, 7) is 2.20. The Balaban J connectivity index is 1.71. The molecule has 0 aliphatic carbocycles. The molecule has 0 saturated heterocycles. The molecule has 0 bridgehead atoms. The van der Waals surface area contributed by atoms with Crippen LogP contribution in [0.1, 0.15) is 18.9 Å². The lowest BCUT2D eigenvalue weighted by atomic mass is 10.1. The third-order valence-corrected chi connectivity index (χ3v) is 6.21. The Morgan fingerprint density at radius 1 is 1.00 bits per heavy atom. The van der Waals surface area contributed by atoms with E-state index in [-0.39, 0.29) is 0 Å². The number of rotatable bonds is 9. The van der Waals surface area contributed by atoms with Gasteiger partial charge < -0.3 is 10.1 Å². The molecule has 0 aromatic heterocycles. The van der Waals surface area contributed by atoms with Gasteiger partial charge in [0.15, 0.2) is 0 Å². The maximum atomic E-state index is 13.0. The van der Waals surface area contributed by atoms with E-state index in [4.69, 9.17) is 16.3 Å². The highest BCUT2D eigenvalue weighted by molar-refractivity contribution is 7.92. The Morgan fingerprint density at radius 3 is 2.19 bits per heavy atom. The molecule has 0 fully saturated rings. The first-order valence-corrected chi connectivity index (χ1v) is 12.3. The molecule has 6 nitrogen and oxygen atoms in total. The van der Waals surface area contributed by atoms with E-state index < -0.39 is 22.0 Å². The highest BCUT2D eigenvalue weighted by Gasteiger charge is 2.31. The van der Waals surface area contributed by atoms with Gasteiger partial charge in [0, 0.05) is 10.7 Å². The lowest BCUT2D eigenvalue weighted by Gasteiger charge is -2.30. The van der Waals surface area contributed by atoms with E-state index in [1.54, 1.807) is 55.5 Å². The molecule has 32 heavy (non-hydrogen) atoms. The number of halogens is 1. The van der Waals surface area contributed by atoms with Gasteiger partial charge in [-0.2, -0.15) is 0 Å². The number of benzene rings is 3. The van der Waals surface area contributed by atoms with Crippen molar-refractivity contribution in [1.82, 2.24) is 0 Å². The zero-order valence-electron chi connectivity index (χ0n) is 17.9. The fourth-order valence-electron chi connectivity index (χ4n) is 3.25. The Labute approximate surface area is 193 Å². The van der Waals surface area contributed by atoms with Crippen LogP contribution in [-0.2, 0) is 21.4 Å². The quantitative estimate of drug-likeness (QED) is 0.470. The fourth-order valence-corrected chi connectivity index (χ4v) is 4.59. The summed E-state index contributed by atoms with van der Waals surface area (Å²) in [5.74, 6) is 0.239. The molecule has 0 saturated carbocycles. The summed E-state index contributed by atoms with van der Waals surface area (Å²) in [5.41, 5.74) is 1.98. The molecule has 1 amide bonds. The summed E-state index contributed by atoms with van der Waals surface area (Å²) >= 11 is 5.93. The van der Waals surface area contributed by atoms with E-state index in [9.17, 15) is 13.2 Å². The molecule has 0 aliphatic rings. The topological polar surface area (TPSA) is 75.7 Å². The first-order chi connectivity index (χ1) is 15.3. The van der Waals surface area contributed by atoms with Crippen molar-refractivity contribution in [3.8, 4) is 5.75 Å². The van der Waals surface area contributed by atoms with Crippen LogP contribution in [0, 0.1) is 0 Å². The monoisotopic (exact) mass is 472 g/mol. The normalized spacial score (nSPS) is 12.1. The average Bonchev–Trinajstić information content (AvgIpc) is 2.77. The number of carbonyl (C=O) groups is 1. The van der Waals surface area contributed by atoms with Crippen molar-refractivity contribution in [2.24, 2.45) is 0 Å². The maximum absolute atomic E-state index is 13.0. The van der Waals surface area contributed by atoms with Gasteiger partial charge in [0.05, 0.1) is 11.9 Å². The Bertz CT molecular complexity index is 1130. The Kier molecular flexibility index (Phi) is 7.77. The third kappa shape index (κ3) is 6.24. The van der Waals surface area contributed by atoms with E-state index in [1.807, 2.05) is 30.3 Å². The zero-order valence-corrected chi connectivity index (χ0v) is 19.4. The molecule has 0 heterocycles. The summed E-state index contributed by atoms with van der Waals surface area (Å²) in [4.78, 5) is 13.0. The Morgan fingerprint density at radius 2 is 1.62 bits per heavy atom. The molecule has 0 aliphatic heterocycles. The SMILES string of the molecule is CCC(C(=O)Nc1ccc(OCc2ccccc2)cc1)N(c1ccc(Cl)cc1)S(C)(=O)=O. The van der Waals surface area contributed by atoms with Gasteiger partial charge in [0.2, 0.25) is 15.9 Å². The number of hydrogen-bond acceptors (Lipinski definition) is 4. The average molecular weight is 473 g/mol. The van der Waals surface area contributed by atoms with Crippen molar-refractivity contribution in [2.75, 3.05) is 15.9 Å². The molecular formula is C24H25ClN2O4S. The van der Waals surface area contributed by atoms with Gasteiger partial charge in [-0.25, -0.2) is 8.42 Å². The van der Waals surface area contributed by atoms with Crippen LogP contribution in [0.3, 0.4) is 0 Å². The lowest BCUT2D eigenvalue weighted by Crippen LogP contribution is -2.46. The van der Waals surface area contributed by atoms with E-state index >= 15 is 0 Å². The number of carbonyl (C=O) groups excluding carboxylic acids is 1. The highest BCUT2D eigenvalue weighted by atomic mass is 35.5. The van der Waals surface area contributed by atoms with E-state index in [0.717, 1.165) is 16.1 Å². The summed E-state index contributed by atoms with van der Waals surface area (Å²) in [7, 11) is -3.71. The standard InChI is InChI=1S/C24H25ClN2O4S/c1-3-23(27(32(2,29)30)21-13-9-19(25)10-14-21)24(28)26-20-11-15-22(16-12-20)31-17-18-7-5-4-6-8-18/h4-16,23H,3,17H2,1-2H3,(H,26,28). The molecule has 1 N–H and O–H groups in total.